The molecule has 3 rings (SSSR count). The van der Waals surface area contributed by atoms with Crippen molar-refractivity contribution in [3.8, 4) is 5.75 Å². The van der Waals surface area contributed by atoms with Gasteiger partial charge in [0.1, 0.15) is 11.9 Å². The van der Waals surface area contributed by atoms with Gasteiger partial charge in [-0.25, -0.2) is 0 Å². The van der Waals surface area contributed by atoms with Crippen molar-refractivity contribution in [2.75, 3.05) is 13.1 Å². The van der Waals surface area contributed by atoms with Crippen LogP contribution in [-0.2, 0) is 0 Å². The van der Waals surface area contributed by atoms with E-state index in [9.17, 15) is 0 Å². The maximum atomic E-state index is 6.09. The molecule has 2 heterocycles. The molecule has 1 fully saturated rings. The first-order valence-electron chi connectivity index (χ1n) is 6.14. The molecule has 1 N–H and O–H groups in total. The van der Waals surface area contributed by atoms with Crippen LogP contribution < -0.4 is 10.1 Å². The van der Waals surface area contributed by atoms with E-state index in [1.807, 2.05) is 30.5 Å². The predicted octanol–water partition coefficient (Wildman–Crippen LogP) is 2.37. The second-order valence-corrected chi connectivity index (χ2v) is 4.39. The molecule has 0 spiro atoms. The number of ether oxygens (including phenoxy) is 1. The SMILES string of the molecule is c1ccc2c(OC3CCNCC3)ccnc2c1. The normalized spacial score (nSPS) is 17.2. The molecule has 1 aromatic heterocycles. The highest BCUT2D eigenvalue weighted by molar-refractivity contribution is 5.84. The van der Waals surface area contributed by atoms with Gasteiger partial charge in [-0.2, -0.15) is 0 Å². The van der Waals surface area contributed by atoms with Crippen molar-refractivity contribution in [3.05, 3.63) is 36.5 Å². The van der Waals surface area contributed by atoms with Crippen LogP contribution >= 0.6 is 0 Å². The average Bonchev–Trinajstić information content (AvgIpc) is 2.40. The number of piperidine rings is 1. The van der Waals surface area contributed by atoms with Gasteiger partial charge in [-0.1, -0.05) is 12.1 Å². The molecule has 1 saturated heterocycles. The predicted molar refractivity (Wildman–Crippen MR) is 68.3 cm³/mol. The van der Waals surface area contributed by atoms with Crippen molar-refractivity contribution < 1.29 is 4.74 Å². The van der Waals surface area contributed by atoms with Gasteiger partial charge < -0.3 is 10.1 Å². The zero-order chi connectivity index (χ0) is 11.5. The second kappa shape index (κ2) is 4.72. The van der Waals surface area contributed by atoms with E-state index >= 15 is 0 Å². The highest BCUT2D eigenvalue weighted by Crippen LogP contribution is 2.25. The van der Waals surface area contributed by atoms with Crippen LogP contribution in [0.1, 0.15) is 12.8 Å². The van der Waals surface area contributed by atoms with Crippen molar-refractivity contribution in [2.45, 2.75) is 18.9 Å². The Kier molecular flexibility index (Phi) is 2.92. The summed E-state index contributed by atoms with van der Waals surface area (Å²) in [6.07, 6.45) is 4.31. The van der Waals surface area contributed by atoms with Crippen molar-refractivity contribution in [2.24, 2.45) is 0 Å². The summed E-state index contributed by atoms with van der Waals surface area (Å²) in [5.74, 6) is 0.961. The zero-order valence-corrected chi connectivity index (χ0v) is 9.73. The van der Waals surface area contributed by atoms with E-state index < -0.39 is 0 Å². The van der Waals surface area contributed by atoms with E-state index in [4.69, 9.17) is 4.74 Å². The fourth-order valence-electron chi connectivity index (χ4n) is 2.27. The summed E-state index contributed by atoms with van der Waals surface area (Å²) in [6, 6.07) is 10.1. The molecule has 1 aliphatic heterocycles. The Morgan fingerprint density at radius 3 is 2.82 bits per heavy atom. The van der Waals surface area contributed by atoms with Crippen molar-refractivity contribution in [1.29, 1.82) is 0 Å². The molecule has 0 saturated carbocycles. The number of rotatable bonds is 2. The minimum atomic E-state index is 0.335. The Hall–Kier alpha value is -1.61. The van der Waals surface area contributed by atoms with Gasteiger partial charge in [0, 0.05) is 11.6 Å². The van der Waals surface area contributed by atoms with Crippen molar-refractivity contribution in [1.82, 2.24) is 10.3 Å². The van der Waals surface area contributed by atoms with Gasteiger partial charge in [0.2, 0.25) is 0 Å². The number of pyridine rings is 1. The Balaban J connectivity index is 1.89. The van der Waals surface area contributed by atoms with Gasteiger partial charge in [0.25, 0.3) is 0 Å². The molecule has 0 aliphatic carbocycles. The van der Waals surface area contributed by atoms with E-state index in [1.54, 1.807) is 0 Å². The summed E-state index contributed by atoms with van der Waals surface area (Å²) in [6.45, 7) is 2.10. The molecule has 2 aromatic rings. The molecular weight excluding hydrogens is 212 g/mol. The third-order valence-corrected chi connectivity index (χ3v) is 3.19. The molecule has 1 aliphatic rings. The van der Waals surface area contributed by atoms with Gasteiger partial charge in [-0.15, -0.1) is 0 Å². The summed E-state index contributed by atoms with van der Waals surface area (Å²) in [5, 5.41) is 4.45. The number of fused-ring (bicyclic) bond motifs is 1. The summed E-state index contributed by atoms with van der Waals surface area (Å²) in [4.78, 5) is 4.34. The van der Waals surface area contributed by atoms with Crippen LogP contribution in [-0.4, -0.2) is 24.2 Å². The van der Waals surface area contributed by atoms with Gasteiger partial charge in [-0.05, 0) is 44.1 Å². The van der Waals surface area contributed by atoms with Gasteiger partial charge >= 0.3 is 0 Å². The lowest BCUT2D eigenvalue weighted by atomic mass is 10.1. The highest BCUT2D eigenvalue weighted by Gasteiger charge is 2.15. The van der Waals surface area contributed by atoms with Crippen LogP contribution in [0.5, 0.6) is 5.75 Å². The van der Waals surface area contributed by atoms with E-state index in [0.717, 1.165) is 42.6 Å². The van der Waals surface area contributed by atoms with Crippen molar-refractivity contribution >= 4 is 10.9 Å². The molecule has 1 aromatic carbocycles. The quantitative estimate of drug-likeness (QED) is 0.856. The standard InChI is InChI=1S/C14H16N2O/c1-2-4-13-12(3-1)14(7-10-16-13)17-11-5-8-15-9-6-11/h1-4,7,10-11,15H,5-6,8-9H2. The number of aromatic nitrogens is 1. The van der Waals surface area contributed by atoms with E-state index in [-0.39, 0.29) is 0 Å². The lowest BCUT2D eigenvalue weighted by Crippen LogP contribution is -2.34. The number of hydrogen-bond donors (Lipinski definition) is 1. The fourth-order valence-corrected chi connectivity index (χ4v) is 2.27. The highest BCUT2D eigenvalue weighted by atomic mass is 16.5. The van der Waals surface area contributed by atoms with E-state index in [2.05, 4.69) is 16.4 Å². The summed E-state index contributed by atoms with van der Waals surface area (Å²) < 4.78 is 6.09. The van der Waals surface area contributed by atoms with Crippen LogP contribution in [0.15, 0.2) is 36.5 Å². The second-order valence-electron chi connectivity index (χ2n) is 4.39. The monoisotopic (exact) mass is 228 g/mol. The molecule has 0 amide bonds. The molecule has 3 nitrogen and oxygen atoms in total. The van der Waals surface area contributed by atoms with E-state index in [1.165, 1.54) is 0 Å². The first-order chi connectivity index (χ1) is 8.43. The lowest BCUT2D eigenvalue weighted by Gasteiger charge is -2.24. The average molecular weight is 228 g/mol. The van der Waals surface area contributed by atoms with Crippen LogP contribution in [0.4, 0.5) is 0 Å². The van der Waals surface area contributed by atoms with E-state index in [0.29, 0.717) is 6.10 Å². The Morgan fingerprint density at radius 1 is 1.12 bits per heavy atom. The lowest BCUT2D eigenvalue weighted by molar-refractivity contribution is 0.164. The molecular formula is C14H16N2O. The van der Waals surface area contributed by atoms with Gasteiger partial charge in [0.15, 0.2) is 0 Å². The molecule has 0 unspecified atom stereocenters. The Labute approximate surface area is 101 Å². The fraction of sp³-hybridized carbons (Fsp3) is 0.357. The molecule has 88 valence electrons. The Morgan fingerprint density at radius 2 is 1.94 bits per heavy atom. The largest absolute Gasteiger partial charge is 0.490 e. The number of hydrogen-bond acceptors (Lipinski definition) is 3. The maximum Gasteiger partial charge on any atom is 0.130 e. The number of nitrogens with zero attached hydrogens (tertiary/aromatic N) is 1. The maximum absolute atomic E-state index is 6.09. The molecule has 17 heavy (non-hydrogen) atoms. The molecule has 0 bridgehead atoms. The topological polar surface area (TPSA) is 34.1 Å². The van der Waals surface area contributed by atoms with Gasteiger partial charge in [-0.3, -0.25) is 4.98 Å². The minimum absolute atomic E-state index is 0.335. The molecule has 0 atom stereocenters. The van der Waals surface area contributed by atoms with Gasteiger partial charge in [0.05, 0.1) is 5.52 Å². The third kappa shape index (κ3) is 2.24. The third-order valence-electron chi connectivity index (χ3n) is 3.19. The van der Waals surface area contributed by atoms with Crippen LogP contribution in [0.3, 0.4) is 0 Å². The Bertz CT molecular complexity index is 501. The van der Waals surface area contributed by atoms with Crippen LogP contribution in [0.25, 0.3) is 10.9 Å². The van der Waals surface area contributed by atoms with Crippen LogP contribution in [0, 0.1) is 0 Å². The number of para-hydroxylation sites is 1. The summed E-state index contributed by atoms with van der Waals surface area (Å²) >= 11 is 0. The van der Waals surface area contributed by atoms with Crippen LogP contribution in [0.2, 0.25) is 0 Å². The molecule has 3 heteroatoms. The minimum Gasteiger partial charge on any atom is -0.490 e. The first kappa shape index (κ1) is 10.5. The zero-order valence-electron chi connectivity index (χ0n) is 9.73. The van der Waals surface area contributed by atoms with Crippen molar-refractivity contribution in [3.63, 3.8) is 0 Å². The number of benzene rings is 1. The summed E-state index contributed by atoms with van der Waals surface area (Å²) in [5.41, 5.74) is 0.999. The number of nitrogens with one attached hydrogen (secondary N) is 1. The smallest absolute Gasteiger partial charge is 0.130 e. The summed E-state index contributed by atoms with van der Waals surface area (Å²) in [7, 11) is 0. The first-order valence-corrected chi connectivity index (χ1v) is 6.14. The molecule has 0 radical (unpaired) electrons.